The maximum absolute atomic E-state index is 13.3. The molecule has 5 heteroatoms. The van der Waals surface area contributed by atoms with E-state index in [2.05, 4.69) is 35.6 Å². The van der Waals surface area contributed by atoms with Crippen molar-refractivity contribution < 1.29 is 4.79 Å². The van der Waals surface area contributed by atoms with E-state index in [0.717, 1.165) is 57.3 Å². The summed E-state index contributed by atoms with van der Waals surface area (Å²) in [5.74, 6) is 1.07. The van der Waals surface area contributed by atoms with Crippen molar-refractivity contribution in [2.24, 2.45) is 5.92 Å². The van der Waals surface area contributed by atoms with Crippen LogP contribution in [0.25, 0.3) is 11.0 Å². The minimum Gasteiger partial charge on any atom is -0.340 e. The van der Waals surface area contributed by atoms with Crippen molar-refractivity contribution in [3.8, 4) is 0 Å². The Morgan fingerprint density at radius 2 is 1.88 bits per heavy atom. The zero-order chi connectivity index (χ0) is 22.3. The standard InChI is InChI=1S/C27H42N4O/c1-3-5-13-21(4-2)27(32)30-19-12-16-23(20-30)31-26-24(17-11-18-28-26)25(29-31)22-14-9-7-6-8-10-15-22/h11,17-18,21-23H,3-10,12-16,19-20H2,1-2H3. The van der Waals surface area contributed by atoms with Gasteiger partial charge in [-0.05, 0) is 50.7 Å². The van der Waals surface area contributed by atoms with E-state index in [0.29, 0.717) is 11.8 Å². The number of fused-ring (bicyclic) bond motifs is 1. The Bertz CT molecular complexity index is 868. The molecule has 2 fully saturated rings. The summed E-state index contributed by atoms with van der Waals surface area (Å²) >= 11 is 0. The number of hydrogen-bond acceptors (Lipinski definition) is 3. The van der Waals surface area contributed by atoms with Gasteiger partial charge in [0, 0.05) is 36.5 Å². The van der Waals surface area contributed by atoms with Gasteiger partial charge < -0.3 is 4.90 Å². The highest BCUT2D eigenvalue weighted by molar-refractivity contribution is 5.80. The van der Waals surface area contributed by atoms with Crippen molar-refractivity contribution in [3.05, 3.63) is 24.0 Å². The molecule has 0 bridgehead atoms. The van der Waals surface area contributed by atoms with Crippen LogP contribution in [0.15, 0.2) is 18.3 Å². The molecule has 5 nitrogen and oxygen atoms in total. The lowest BCUT2D eigenvalue weighted by Crippen LogP contribution is -2.43. The lowest BCUT2D eigenvalue weighted by atomic mass is 9.88. The first-order valence-corrected chi connectivity index (χ1v) is 13.3. The molecule has 3 heterocycles. The first-order valence-electron chi connectivity index (χ1n) is 13.3. The number of pyridine rings is 1. The zero-order valence-electron chi connectivity index (χ0n) is 20.3. The summed E-state index contributed by atoms with van der Waals surface area (Å²) in [6.07, 6.45) is 17.5. The van der Waals surface area contributed by atoms with E-state index in [-0.39, 0.29) is 12.0 Å². The molecule has 2 unspecified atom stereocenters. The molecule has 2 atom stereocenters. The van der Waals surface area contributed by atoms with Gasteiger partial charge in [0.1, 0.15) is 0 Å². The number of carbonyl (C=O) groups excluding carboxylic acids is 1. The van der Waals surface area contributed by atoms with Gasteiger partial charge in [-0.2, -0.15) is 5.10 Å². The Balaban J connectivity index is 1.57. The fraction of sp³-hybridized carbons (Fsp3) is 0.741. The molecule has 1 amide bonds. The third kappa shape index (κ3) is 5.18. The number of hydrogen-bond donors (Lipinski definition) is 0. The molecule has 0 N–H and O–H groups in total. The normalized spacial score (nSPS) is 21.9. The molecule has 1 saturated heterocycles. The summed E-state index contributed by atoms with van der Waals surface area (Å²) in [5.41, 5.74) is 2.27. The predicted octanol–water partition coefficient (Wildman–Crippen LogP) is 6.64. The van der Waals surface area contributed by atoms with E-state index >= 15 is 0 Å². The second-order valence-electron chi connectivity index (χ2n) is 10.1. The van der Waals surface area contributed by atoms with Crippen molar-refractivity contribution in [2.45, 2.75) is 109 Å². The van der Waals surface area contributed by atoms with E-state index in [1.165, 1.54) is 56.0 Å². The van der Waals surface area contributed by atoms with E-state index < -0.39 is 0 Å². The number of likely N-dealkylation sites (tertiary alicyclic amines) is 1. The first-order chi connectivity index (χ1) is 15.7. The molecule has 1 aliphatic heterocycles. The molecule has 1 aliphatic carbocycles. The molecule has 176 valence electrons. The Morgan fingerprint density at radius 1 is 1.09 bits per heavy atom. The van der Waals surface area contributed by atoms with Crippen LogP contribution in [0.2, 0.25) is 0 Å². The van der Waals surface area contributed by atoms with Gasteiger partial charge in [0.2, 0.25) is 5.91 Å². The van der Waals surface area contributed by atoms with Gasteiger partial charge in [0.25, 0.3) is 0 Å². The second-order valence-corrected chi connectivity index (χ2v) is 10.1. The van der Waals surface area contributed by atoms with Crippen molar-refractivity contribution in [1.82, 2.24) is 19.7 Å². The minimum atomic E-state index is 0.173. The largest absolute Gasteiger partial charge is 0.340 e. The SMILES string of the molecule is CCCCC(CC)C(=O)N1CCCC(n2nc(C3CCCCCCC3)c3cccnc32)C1. The number of aromatic nitrogens is 3. The molecule has 2 aromatic rings. The van der Waals surface area contributed by atoms with E-state index in [4.69, 9.17) is 10.1 Å². The third-order valence-corrected chi connectivity index (χ3v) is 7.79. The fourth-order valence-electron chi connectivity index (χ4n) is 5.85. The van der Waals surface area contributed by atoms with Crippen molar-refractivity contribution in [1.29, 1.82) is 0 Å². The summed E-state index contributed by atoms with van der Waals surface area (Å²) in [5, 5.41) is 6.47. The Labute approximate surface area is 194 Å². The van der Waals surface area contributed by atoms with Crippen molar-refractivity contribution in [2.75, 3.05) is 13.1 Å². The predicted molar refractivity (Wildman–Crippen MR) is 131 cm³/mol. The lowest BCUT2D eigenvalue weighted by molar-refractivity contribution is -0.137. The van der Waals surface area contributed by atoms with Crippen molar-refractivity contribution in [3.63, 3.8) is 0 Å². The van der Waals surface area contributed by atoms with Crippen LogP contribution in [0.3, 0.4) is 0 Å². The number of unbranched alkanes of at least 4 members (excludes halogenated alkanes) is 1. The van der Waals surface area contributed by atoms with Crippen LogP contribution in [0, 0.1) is 5.92 Å². The highest BCUT2D eigenvalue weighted by Crippen LogP contribution is 2.36. The molecule has 2 aliphatic rings. The van der Waals surface area contributed by atoms with Gasteiger partial charge >= 0.3 is 0 Å². The monoisotopic (exact) mass is 438 g/mol. The van der Waals surface area contributed by atoms with Gasteiger partial charge in [-0.25, -0.2) is 9.67 Å². The maximum Gasteiger partial charge on any atom is 0.225 e. The Morgan fingerprint density at radius 3 is 2.62 bits per heavy atom. The summed E-state index contributed by atoms with van der Waals surface area (Å²) in [6.45, 7) is 6.03. The fourth-order valence-corrected chi connectivity index (χ4v) is 5.85. The van der Waals surface area contributed by atoms with E-state index in [1.54, 1.807) is 0 Å². The lowest BCUT2D eigenvalue weighted by Gasteiger charge is -2.35. The van der Waals surface area contributed by atoms with Crippen LogP contribution < -0.4 is 0 Å². The smallest absolute Gasteiger partial charge is 0.225 e. The van der Waals surface area contributed by atoms with Gasteiger partial charge in [-0.15, -0.1) is 0 Å². The highest BCUT2D eigenvalue weighted by Gasteiger charge is 2.31. The number of piperidine rings is 1. The molecule has 0 radical (unpaired) electrons. The van der Waals surface area contributed by atoms with Gasteiger partial charge in [-0.3, -0.25) is 4.79 Å². The van der Waals surface area contributed by atoms with Crippen LogP contribution in [-0.4, -0.2) is 38.7 Å². The van der Waals surface area contributed by atoms with Crippen molar-refractivity contribution >= 4 is 16.9 Å². The average molecular weight is 439 g/mol. The zero-order valence-corrected chi connectivity index (χ0v) is 20.3. The van der Waals surface area contributed by atoms with Crippen LogP contribution in [-0.2, 0) is 4.79 Å². The number of rotatable bonds is 7. The van der Waals surface area contributed by atoms with Crippen LogP contribution in [0.4, 0.5) is 0 Å². The Hall–Kier alpha value is -1.91. The van der Waals surface area contributed by atoms with E-state index in [1.807, 2.05) is 6.20 Å². The van der Waals surface area contributed by atoms with Crippen LogP contribution in [0.5, 0.6) is 0 Å². The molecule has 2 aromatic heterocycles. The number of nitrogens with zero attached hydrogens (tertiary/aromatic N) is 4. The van der Waals surface area contributed by atoms with Gasteiger partial charge in [-0.1, -0.05) is 58.8 Å². The maximum atomic E-state index is 13.3. The number of amides is 1. The van der Waals surface area contributed by atoms with Crippen LogP contribution >= 0.6 is 0 Å². The van der Waals surface area contributed by atoms with E-state index in [9.17, 15) is 4.79 Å². The van der Waals surface area contributed by atoms with Crippen LogP contribution in [0.1, 0.15) is 115 Å². The number of carbonyl (C=O) groups is 1. The summed E-state index contributed by atoms with van der Waals surface area (Å²) in [6, 6.07) is 4.50. The molecular formula is C27H42N4O. The molecule has 4 rings (SSSR count). The average Bonchev–Trinajstić information content (AvgIpc) is 3.19. The second kappa shape index (κ2) is 11.3. The Kier molecular flexibility index (Phi) is 8.20. The minimum absolute atomic E-state index is 0.173. The molecule has 1 saturated carbocycles. The third-order valence-electron chi connectivity index (χ3n) is 7.79. The first kappa shape index (κ1) is 23.3. The molecule has 0 spiro atoms. The van der Waals surface area contributed by atoms with Gasteiger partial charge in [0.05, 0.1) is 11.7 Å². The highest BCUT2D eigenvalue weighted by atomic mass is 16.2. The summed E-state index contributed by atoms with van der Waals surface area (Å²) in [4.78, 5) is 20.2. The molecular weight excluding hydrogens is 396 g/mol. The summed E-state index contributed by atoms with van der Waals surface area (Å²) < 4.78 is 2.19. The summed E-state index contributed by atoms with van der Waals surface area (Å²) in [7, 11) is 0. The quantitative estimate of drug-likeness (QED) is 0.487. The van der Waals surface area contributed by atoms with Gasteiger partial charge in [0.15, 0.2) is 5.65 Å². The molecule has 32 heavy (non-hydrogen) atoms. The molecule has 0 aromatic carbocycles. The topological polar surface area (TPSA) is 51.0 Å².